The van der Waals surface area contributed by atoms with Gasteiger partial charge in [0, 0.05) is 0 Å². The highest BCUT2D eigenvalue weighted by atomic mass is 19.1. The quantitative estimate of drug-likeness (QED) is 0.419. The van der Waals surface area contributed by atoms with Crippen LogP contribution in [0.1, 0.15) is 102 Å². The largest absolute Gasteiger partial charge is 0.454 e. The van der Waals surface area contributed by atoms with Crippen LogP contribution < -0.4 is 0 Å². The van der Waals surface area contributed by atoms with Crippen LogP contribution in [0.3, 0.4) is 0 Å². The van der Waals surface area contributed by atoms with Crippen LogP contribution in [0.25, 0.3) is 0 Å². The predicted molar refractivity (Wildman–Crippen MR) is 119 cm³/mol. The van der Waals surface area contributed by atoms with E-state index in [1.165, 1.54) is 13.8 Å². The molecule has 4 nitrogen and oxygen atoms in total. The molecule has 0 heterocycles. The summed E-state index contributed by atoms with van der Waals surface area (Å²) in [5.41, 5.74) is 0.331. The predicted octanol–water partition coefficient (Wildman–Crippen LogP) is 6.59. The number of halogens is 2. The highest BCUT2D eigenvalue weighted by Crippen LogP contribution is 2.44. The van der Waals surface area contributed by atoms with E-state index in [4.69, 9.17) is 9.47 Å². The third-order valence-corrected chi connectivity index (χ3v) is 6.77. The number of benzene rings is 1. The average molecular weight is 451 g/mol. The Labute approximate surface area is 190 Å². The first-order valence-corrected chi connectivity index (χ1v) is 12.1. The maximum absolute atomic E-state index is 13.4. The van der Waals surface area contributed by atoms with Crippen LogP contribution in [0.2, 0.25) is 0 Å². The molecule has 1 aromatic carbocycles. The van der Waals surface area contributed by atoms with Crippen LogP contribution in [-0.2, 0) is 30.3 Å². The van der Waals surface area contributed by atoms with Gasteiger partial charge in [-0.3, -0.25) is 9.59 Å². The number of rotatable bonds is 8. The van der Waals surface area contributed by atoms with Crippen LogP contribution in [0.4, 0.5) is 8.78 Å². The molecule has 2 aliphatic carbocycles. The second-order valence-corrected chi connectivity index (χ2v) is 9.61. The van der Waals surface area contributed by atoms with Gasteiger partial charge in [0.05, 0.1) is 12.8 Å². The molecule has 0 N–H and O–H groups in total. The Kier molecular flexibility index (Phi) is 8.29. The third kappa shape index (κ3) is 6.08. The molecule has 3 rings (SSSR count). The van der Waals surface area contributed by atoms with Crippen molar-refractivity contribution in [1.82, 2.24) is 0 Å². The van der Waals surface area contributed by atoms with Crippen molar-refractivity contribution in [2.24, 2.45) is 0 Å². The van der Waals surface area contributed by atoms with Crippen molar-refractivity contribution < 1.29 is 27.8 Å². The lowest BCUT2D eigenvalue weighted by Crippen LogP contribution is -2.37. The van der Waals surface area contributed by atoms with Crippen molar-refractivity contribution in [3.05, 3.63) is 35.4 Å². The fourth-order valence-corrected chi connectivity index (χ4v) is 5.20. The summed E-state index contributed by atoms with van der Waals surface area (Å²) in [5, 5.41) is 0. The summed E-state index contributed by atoms with van der Waals surface area (Å²) < 4.78 is 38.5. The minimum atomic E-state index is -1.24. The SMILES string of the molecule is CC(F)CC(=O)OC1(c2ccc(C3(OC(=O)CC(C)F)CCCCC3)cc2)CCCCC1. The van der Waals surface area contributed by atoms with E-state index in [0.717, 1.165) is 49.7 Å². The molecule has 1 aromatic rings. The summed E-state index contributed by atoms with van der Waals surface area (Å²) in [6, 6.07) is 7.81. The lowest BCUT2D eigenvalue weighted by molar-refractivity contribution is -0.167. The van der Waals surface area contributed by atoms with Gasteiger partial charge >= 0.3 is 11.9 Å². The number of carbonyl (C=O) groups excluding carboxylic acids is 2. The number of ether oxygens (including phenoxy) is 2. The van der Waals surface area contributed by atoms with E-state index in [2.05, 4.69) is 0 Å². The number of esters is 2. The molecule has 6 heteroatoms. The molecule has 0 aromatic heterocycles. The monoisotopic (exact) mass is 450 g/mol. The lowest BCUT2D eigenvalue weighted by atomic mass is 9.76. The van der Waals surface area contributed by atoms with Crippen LogP contribution in [0.5, 0.6) is 0 Å². The van der Waals surface area contributed by atoms with Gasteiger partial charge in [-0.15, -0.1) is 0 Å². The van der Waals surface area contributed by atoms with Gasteiger partial charge in [-0.1, -0.05) is 37.1 Å². The fraction of sp³-hybridized carbons (Fsp3) is 0.692. The summed E-state index contributed by atoms with van der Waals surface area (Å²) in [4.78, 5) is 24.6. The van der Waals surface area contributed by atoms with Crippen molar-refractivity contribution in [3.8, 4) is 0 Å². The molecule has 0 saturated heterocycles. The molecule has 2 atom stereocenters. The number of hydrogen-bond acceptors (Lipinski definition) is 4. The molecule has 32 heavy (non-hydrogen) atoms. The van der Waals surface area contributed by atoms with Crippen molar-refractivity contribution >= 4 is 11.9 Å². The van der Waals surface area contributed by atoms with Gasteiger partial charge in [0.25, 0.3) is 0 Å². The maximum Gasteiger partial charge on any atom is 0.309 e. The summed E-state index contributed by atoms with van der Waals surface area (Å²) in [6.07, 6.45) is 5.86. The van der Waals surface area contributed by atoms with Crippen molar-refractivity contribution in [2.45, 2.75) is 114 Å². The molecule has 2 fully saturated rings. The van der Waals surface area contributed by atoms with Crippen LogP contribution in [0.15, 0.2) is 24.3 Å². The molecule has 0 radical (unpaired) electrons. The van der Waals surface area contributed by atoms with E-state index in [-0.39, 0.29) is 12.8 Å². The van der Waals surface area contributed by atoms with Gasteiger partial charge < -0.3 is 9.47 Å². The third-order valence-electron chi connectivity index (χ3n) is 6.77. The first kappa shape index (κ1) is 24.7. The molecular weight excluding hydrogens is 414 g/mol. The van der Waals surface area contributed by atoms with Crippen LogP contribution >= 0.6 is 0 Å². The van der Waals surface area contributed by atoms with E-state index in [9.17, 15) is 18.4 Å². The smallest absolute Gasteiger partial charge is 0.309 e. The molecule has 0 amide bonds. The van der Waals surface area contributed by atoms with Gasteiger partial charge in [0.15, 0.2) is 0 Å². The Morgan fingerprint density at radius 3 is 1.31 bits per heavy atom. The van der Waals surface area contributed by atoms with Gasteiger partial charge in [-0.05, 0) is 76.3 Å². The first-order valence-electron chi connectivity index (χ1n) is 12.1. The van der Waals surface area contributed by atoms with Gasteiger partial charge in [0.1, 0.15) is 23.5 Å². The topological polar surface area (TPSA) is 52.6 Å². The van der Waals surface area contributed by atoms with Crippen molar-refractivity contribution in [1.29, 1.82) is 0 Å². The number of carbonyl (C=O) groups is 2. The maximum atomic E-state index is 13.4. The Morgan fingerprint density at radius 2 is 1.03 bits per heavy atom. The minimum absolute atomic E-state index is 0.244. The Bertz CT molecular complexity index is 696. The average Bonchev–Trinajstić information content (AvgIpc) is 2.74. The Morgan fingerprint density at radius 1 is 0.719 bits per heavy atom. The van der Waals surface area contributed by atoms with E-state index in [0.29, 0.717) is 25.7 Å². The summed E-state index contributed by atoms with van der Waals surface area (Å²) in [6.45, 7) is 2.72. The highest BCUT2D eigenvalue weighted by Gasteiger charge is 2.41. The molecule has 0 spiro atoms. The Hall–Kier alpha value is -1.98. The van der Waals surface area contributed by atoms with Crippen LogP contribution in [-0.4, -0.2) is 24.3 Å². The van der Waals surface area contributed by atoms with E-state index >= 15 is 0 Å². The zero-order chi connectivity index (χ0) is 23.2. The standard InChI is InChI=1S/C26H36F2O4/c1-19(27)17-23(29)31-25(13-5-3-6-14-25)21-9-11-22(12-10-21)26(15-7-4-8-16-26)32-24(30)18-20(2)28/h9-12,19-20H,3-8,13-18H2,1-2H3. The zero-order valence-corrected chi connectivity index (χ0v) is 19.3. The van der Waals surface area contributed by atoms with Crippen LogP contribution in [0, 0.1) is 0 Å². The van der Waals surface area contributed by atoms with Crippen molar-refractivity contribution in [3.63, 3.8) is 0 Å². The minimum Gasteiger partial charge on any atom is -0.454 e. The molecule has 2 unspecified atom stereocenters. The summed E-state index contributed by atoms with van der Waals surface area (Å²) >= 11 is 0. The molecular formula is C26H36F2O4. The zero-order valence-electron chi connectivity index (χ0n) is 19.3. The molecule has 178 valence electrons. The van der Waals surface area contributed by atoms with E-state index in [1.807, 2.05) is 24.3 Å². The normalized spacial score (nSPS) is 21.9. The van der Waals surface area contributed by atoms with E-state index in [1.54, 1.807) is 0 Å². The second-order valence-electron chi connectivity index (χ2n) is 9.61. The molecule has 2 aliphatic rings. The summed E-state index contributed by atoms with van der Waals surface area (Å²) in [7, 11) is 0. The number of hydrogen-bond donors (Lipinski definition) is 0. The van der Waals surface area contributed by atoms with Gasteiger partial charge in [0.2, 0.25) is 0 Å². The van der Waals surface area contributed by atoms with Gasteiger partial charge in [-0.25, -0.2) is 8.78 Å². The van der Waals surface area contributed by atoms with Crippen molar-refractivity contribution in [2.75, 3.05) is 0 Å². The number of alkyl halides is 2. The second kappa shape index (κ2) is 10.8. The first-order chi connectivity index (χ1) is 15.2. The fourth-order valence-electron chi connectivity index (χ4n) is 5.20. The molecule has 0 bridgehead atoms. The van der Waals surface area contributed by atoms with Gasteiger partial charge in [-0.2, -0.15) is 0 Å². The molecule has 2 saturated carbocycles. The highest BCUT2D eigenvalue weighted by molar-refractivity contribution is 5.71. The summed E-state index contributed by atoms with van der Waals surface area (Å²) in [5.74, 6) is -1.02. The lowest BCUT2D eigenvalue weighted by Gasteiger charge is -2.39. The van der Waals surface area contributed by atoms with E-state index < -0.39 is 35.5 Å². The molecule has 0 aliphatic heterocycles. The Balaban J connectivity index is 1.85.